The molecule has 0 saturated heterocycles. The van der Waals surface area contributed by atoms with E-state index in [1.165, 1.54) is 19.2 Å². The molecule has 1 rings (SSSR count). The molecule has 1 aromatic rings. The lowest BCUT2D eigenvalue weighted by Gasteiger charge is -2.07. The van der Waals surface area contributed by atoms with Gasteiger partial charge in [-0.05, 0) is 18.6 Å². The van der Waals surface area contributed by atoms with E-state index < -0.39 is 23.4 Å². The van der Waals surface area contributed by atoms with Crippen LogP contribution in [-0.2, 0) is 9.53 Å². The number of nitrogens with zero attached hydrogens (tertiary/aromatic N) is 1. The first-order valence-corrected chi connectivity index (χ1v) is 6.75. The first kappa shape index (κ1) is 17.4. The average molecular weight is 310 g/mol. The molecule has 0 radical (unpaired) electrons. The van der Waals surface area contributed by atoms with Crippen LogP contribution in [0.5, 0.6) is 5.75 Å². The molecule has 120 valence electrons. The van der Waals surface area contributed by atoms with Gasteiger partial charge >= 0.3 is 11.7 Å². The molecule has 0 aliphatic heterocycles. The largest absolute Gasteiger partial charge is 0.490 e. The normalized spacial score (nSPS) is 9.91. The van der Waals surface area contributed by atoms with Gasteiger partial charge in [-0.2, -0.15) is 0 Å². The molecule has 0 heterocycles. The molecule has 22 heavy (non-hydrogen) atoms. The summed E-state index contributed by atoms with van der Waals surface area (Å²) in [6, 6.07) is 3.69. The third kappa shape index (κ3) is 5.04. The predicted octanol–water partition coefficient (Wildman–Crippen LogP) is 1.68. The van der Waals surface area contributed by atoms with Crippen LogP contribution in [0.1, 0.15) is 30.1 Å². The number of unbranched alkanes of at least 4 members (excludes halogenated alkanes) is 1. The number of rotatable bonds is 8. The summed E-state index contributed by atoms with van der Waals surface area (Å²) >= 11 is 0. The van der Waals surface area contributed by atoms with Crippen molar-refractivity contribution in [3.05, 3.63) is 33.9 Å². The van der Waals surface area contributed by atoms with Gasteiger partial charge in [-0.25, -0.2) is 4.79 Å². The van der Waals surface area contributed by atoms with E-state index in [9.17, 15) is 19.7 Å². The molecule has 0 bridgehead atoms. The first-order valence-electron chi connectivity index (χ1n) is 6.75. The van der Waals surface area contributed by atoms with Crippen LogP contribution in [0.15, 0.2) is 18.2 Å². The minimum atomic E-state index is -0.809. The van der Waals surface area contributed by atoms with Gasteiger partial charge in [-0.15, -0.1) is 0 Å². The summed E-state index contributed by atoms with van der Waals surface area (Å²) in [5.41, 5.74) is -0.363. The number of benzene rings is 1. The molecule has 0 saturated carbocycles. The molecule has 0 fully saturated rings. The van der Waals surface area contributed by atoms with E-state index in [2.05, 4.69) is 5.32 Å². The summed E-state index contributed by atoms with van der Waals surface area (Å²) in [4.78, 5) is 33.4. The van der Waals surface area contributed by atoms with Crippen molar-refractivity contribution in [2.75, 3.05) is 20.3 Å². The Balaban J connectivity index is 2.64. The Morgan fingerprint density at radius 1 is 1.36 bits per heavy atom. The van der Waals surface area contributed by atoms with Gasteiger partial charge in [0.15, 0.2) is 12.4 Å². The van der Waals surface area contributed by atoms with Crippen molar-refractivity contribution in [2.24, 2.45) is 0 Å². The van der Waals surface area contributed by atoms with E-state index >= 15 is 0 Å². The van der Waals surface area contributed by atoms with Crippen LogP contribution >= 0.6 is 0 Å². The van der Waals surface area contributed by atoms with E-state index in [4.69, 9.17) is 9.47 Å². The number of amides is 1. The molecule has 0 atom stereocenters. The van der Waals surface area contributed by atoms with Crippen LogP contribution in [0.2, 0.25) is 0 Å². The number of carbonyl (C=O) groups is 2. The number of hydrogen-bond donors (Lipinski definition) is 1. The van der Waals surface area contributed by atoms with Crippen molar-refractivity contribution in [1.82, 2.24) is 5.32 Å². The summed E-state index contributed by atoms with van der Waals surface area (Å²) in [6.45, 7) is 2.08. The SMILES string of the molecule is CCCCNC(=O)COC(=O)c1ccc(OC)c([N+](=O)[O-])c1. The van der Waals surface area contributed by atoms with Gasteiger partial charge in [0.25, 0.3) is 5.91 Å². The molecule has 1 N–H and O–H groups in total. The fourth-order valence-electron chi connectivity index (χ4n) is 1.63. The Hall–Kier alpha value is -2.64. The maximum absolute atomic E-state index is 11.8. The number of nitrogens with one attached hydrogen (secondary N) is 1. The number of carbonyl (C=O) groups excluding carboxylic acids is 2. The third-order valence-corrected chi connectivity index (χ3v) is 2.80. The quantitative estimate of drug-likeness (QED) is 0.339. The zero-order valence-electron chi connectivity index (χ0n) is 12.5. The second-order valence-corrected chi connectivity index (χ2v) is 4.42. The van der Waals surface area contributed by atoms with Gasteiger partial charge in [-0.1, -0.05) is 13.3 Å². The van der Waals surface area contributed by atoms with E-state index in [-0.39, 0.29) is 17.0 Å². The van der Waals surface area contributed by atoms with E-state index in [1.807, 2.05) is 6.92 Å². The van der Waals surface area contributed by atoms with Crippen molar-refractivity contribution >= 4 is 17.6 Å². The summed E-state index contributed by atoms with van der Waals surface area (Å²) < 4.78 is 9.65. The number of ether oxygens (including phenoxy) is 2. The van der Waals surface area contributed by atoms with E-state index in [0.29, 0.717) is 6.54 Å². The maximum atomic E-state index is 11.8. The second kappa shape index (κ2) is 8.60. The van der Waals surface area contributed by atoms with Crippen LogP contribution in [0, 0.1) is 10.1 Å². The van der Waals surface area contributed by atoms with Gasteiger partial charge in [0.1, 0.15) is 0 Å². The van der Waals surface area contributed by atoms with Crippen LogP contribution in [0.25, 0.3) is 0 Å². The minimum absolute atomic E-state index is 0.0196. The molecular weight excluding hydrogens is 292 g/mol. The number of nitro groups is 1. The lowest BCUT2D eigenvalue weighted by atomic mass is 10.2. The Morgan fingerprint density at radius 2 is 2.09 bits per heavy atom. The molecular formula is C14H18N2O6. The van der Waals surface area contributed by atoms with Crippen molar-refractivity contribution in [3.8, 4) is 5.75 Å². The molecule has 0 aliphatic carbocycles. The lowest BCUT2D eigenvalue weighted by molar-refractivity contribution is -0.385. The molecule has 0 aromatic heterocycles. The molecule has 8 heteroatoms. The number of hydrogen-bond acceptors (Lipinski definition) is 6. The predicted molar refractivity (Wildman–Crippen MR) is 77.8 cm³/mol. The molecule has 0 spiro atoms. The Bertz CT molecular complexity index is 558. The van der Waals surface area contributed by atoms with E-state index in [1.54, 1.807) is 0 Å². The standard InChI is InChI=1S/C14H18N2O6/c1-3-4-7-15-13(17)9-22-14(18)10-5-6-12(21-2)11(8-10)16(19)20/h5-6,8H,3-4,7,9H2,1-2H3,(H,15,17). The average Bonchev–Trinajstić information content (AvgIpc) is 2.52. The number of methoxy groups -OCH3 is 1. The van der Waals surface area contributed by atoms with Gasteiger partial charge < -0.3 is 14.8 Å². The van der Waals surface area contributed by atoms with Crippen LogP contribution in [0.3, 0.4) is 0 Å². The third-order valence-electron chi connectivity index (χ3n) is 2.80. The van der Waals surface area contributed by atoms with Crippen molar-refractivity contribution in [1.29, 1.82) is 0 Å². The minimum Gasteiger partial charge on any atom is -0.490 e. The summed E-state index contributed by atoms with van der Waals surface area (Å²) in [5.74, 6) is -1.18. The Labute approximate surface area is 127 Å². The van der Waals surface area contributed by atoms with Crippen molar-refractivity contribution in [2.45, 2.75) is 19.8 Å². The molecule has 1 amide bonds. The zero-order chi connectivity index (χ0) is 16.5. The summed E-state index contributed by atoms with van der Waals surface area (Å²) in [7, 11) is 1.29. The topological polar surface area (TPSA) is 108 Å². The number of nitro benzene ring substituents is 1. The van der Waals surface area contributed by atoms with Gasteiger partial charge in [-0.3, -0.25) is 14.9 Å². The number of esters is 1. The lowest BCUT2D eigenvalue weighted by Crippen LogP contribution is -2.29. The van der Waals surface area contributed by atoms with Gasteiger partial charge in [0.2, 0.25) is 0 Å². The summed E-state index contributed by atoms with van der Waals surface area (Å²) in [5, 5.41) is 13.5. The van der Waals surface area contributed by atoms with Gasteiger partial charge in [0, 0.05) is 12.6 Å². The van der Waals surface area contributed by atoms with Crippen molar-refractivity contribution in [3.63, 3.8) is 0 Å². The fourth-order valence-corrected chi connectivity index (χ4v) is 1.63. The second-order valence-electron chi connectivity index (χ2n) is 4.42. The van der Waals surface area contributed by atoms with E-state index in [0.717, 1.165) is 18.9 Å². The Kier molecular flexibility index (Phi) is 6.81. The highest BCUT2D eigenvalue weighted by molar-refractivity contribution is 5.92. The highest BCUT2D eigenvalue weighted by Crippen LogP contribution is 2.27. The van der Waals surface area contributed by atoms with Gasteiger partial charge in [0.05, 0.1) is 17.6 Å². The molecule has 8 nitrogen and oxygen atoms in total. The Morgan fingerprint density at radius 3 is 2.68 bits per heavy atom. The fraction of sp³-hybridized carbons (Fsp3) is 0.429. The first-order chi connectivity index (χ1) is 10.5. The summed E-state index contributed by atoms with van der Waals surface area (Å²) in [6.07, 6.45) is 1.78. The van der Waals surface area contributed by atoms with Crippen LogP contribution in [-0.4, -0.2) is 37.1 Å². The van der Waals surface area contributed by atoms with Crippen LogP contribution < -0.4 is 10.1 Å². The maximum Gasteiger partial charge on any atom is 0.338 e. The highest BCUT2D eigenvalue weighted by Gasteiger charge is 2.19. The molecule has 0 unspecified atom stereocenters. The van der Waals surface area contributed by atoms with Crippen LogP contribution in [0.4, 0.5) is 5.69 Å². The smallest absolute Gasteiger partial charge is 0.338 e. The monoisotopic (exact) mass is 310 g/mol. The zero-order valence-corrected chi connectivity index (χ0v) is 12.5. The highest BCUT2D eigenvalue weighted by atomic mass is 16.6. The molecule has 1 aromatic carbocycles. The molecule has 0 aliphatic rings. The van der Waals surface area contributed by atoms with Crippen molar-refractivity contribution < 1.29 is 24.0 Å².